The van der Waals surface area contributed by atoms with Crippen LogP contribution in [-0.2, 0) is 9.53 Å². The van der Waals surface area contributed by atoms with E-state index in [1.807, 2.05) is 0 Å². The second-order valence-corrected chi connectivity index (χ2v) is 9.03. The Morgan fingerprint density at radius 3 is 2.23 bits per heavy atom. The Hall–Kier alpha value is -1.97. The molecule has 1 rings (SSSR count). The first-order valence-corrected chi connectivity index (χ1v) is 9.91. The minimum absolute atomic E-state index is 0.217. The van der Waals surface area contributed by atoms with Gasteiger partial charge in [-0.3, -0.25) is 4.79 Å². The number of hydrogen-bond acceptors (Lipinski definition) is 2. The van der Waals surface area contributed by atoms with Crippen molar-refractivity contribution in [2.75, 3.05) is 6.61 Å². The summed E-state index contributed by atoms with van der Waals surface area (Å²) in [6.07, 6.45) is 15.6. The van der Waals surface area contributed by atoms with Crippen molar-refractivity contribution in [1.29, 1.82) is 0 Å². The van der Waals surface area contributed by atoms with Crippen molar-refractivity contribution in [2.24, 2.45) is 0 Å². The van der Waals surface area contributed by atoms with Gasteiger partial charge in [-0.1, -0.05) is 49.1 Å². The molecule has 0 amide bonds. The molecule has 0 aliphatic rings. The third-order valence-electron chi connectivity index (χ3n) is 3.79. The number of ether oxygens (including phenoxy) is 1. The van der Waals surface area contributed by atoms with Crippen molar-refractivity contribution in [2.45, 2.75) is 45.6 Å². The van der Waals surface area contributed by atoms with Crippen LogP contribution in [0.4, 0.5) is 0 Å². The van der Waals surface area contributed by atoms with Crippen LogP contribution in [0.25, 0.3) is 0 Å². The quantitative estimate of drug-likeness (QED) is 0.319. The standard InChI is InChI=1S/C19H24O2Si/c1-5-22(6-2,19-13-11-17(3)12-14-19)16-10-8-7-9-15-21-18(4)20/h1-2,11-14H,7-10,15-16H2,3-4H3. The molecule has 0 saturated carbocycles. The zero-order valence-electron chi connectivity index (χ0n) is 13.5. The molecule has 2 nitrogen and oxygen atoms in total. The highest BCUT2D eigenvalue weighted by molar-refractivity contribution is 7.04. The number of carbonyl (C=O) groups excluding carboxylic acids is 1. The van der Waals surface area contributed by atoms with Gasteiger partial charge in [0.25, 0.3) is 0 Å². The van der Waals surface area contributed by atoms with Crippen LogP contribution in [0.1, 0.15) is 38.2 Å². The summed E-state index contributed by atoms with van der Waals surface area (Å²) in [5.41, 5.74) is 7.12. The van der Waals surface area contributed by atoms with Crippen LogP contribution >= 0.6 is 0 Å². The zero-order chi connectivity index (χ0) is 16.4. The first-order chi connectivity index (χ1) is 10.5. The van der Waals surface area contributed by atoms with E-state index >= 15 is 0 Å². The van der Waals surface area contributed by atoms with Crippen LogP contribution in [-0.4, -0.2) is 20.7 Å². The molecule has 0 aromatic heterocycles. The first kappa shape index (κ1) is 18.1. The van der Waals surface area contributed by atoms with E-state index in [1.165, 1.54) is 12.5 Å². The van der Waals surface area contributed by atoms with Gasteiger partial charge in [0.2, 0.25) is 8.07 Å². The molecule has 0 saturated heterocycles. The van der Waals surface area contributed by atoms with Crippen molar-refractivity contribution < 1.29 is 9.53 Å². The highest BCUT2D eigenvalue weighted by Gasteiger charge is 2.30. The van der Waals surface area contributed by atoms with Crippen molar-refractivity contribution in [3.8, 4) is 23.9 Å². The van der Waals surface area contributed by atoms with Crippen LogP contribution in [0.3, 0.4) is 0 Å². The number of hydrogen-bond donors (Lipinski definition) is 0. The number of unbranched alkanes of at least 4 members (excludes halogenated alkanes) is 3. The average molecular weight is 312 g/mol. The third-order valence-corrected chi connectivity index (χ3v) is 7.20. The molecule has 1 aromatic carbocycles. The summed E-state index contributed by atoms with van der Waals surface area (Å²) in [5, 5.41) is 1.16. The summed E-state index contributed by atoms with van der Waals surface area (Å²) in [5.74, 6) is -0.217. The molecule has 3 heteroatoms. The number of esters is 1. The largest absolute Gasteiger partial charge is 0.466 e. The van der Waals surface area contributed by atoms with Gasteiger partial charge < -0.3 is 4.74 Å². The summed E-state index contributed by atoms with van der Waals surface area (Å²) >= 11 is 0. The Labute approximate surface area is 135 Å². The first-order valence-electron chi connectivity index (χ1n) is 7.70. The molecule has 0 N–H and O–H groups in total. The molecule has 0 unspecified atom stereocenters. The molecule has 1 aromatic rings. The van der Waals surface area contributed by atoms with Gasteiger partial charge in [-0.05, 0) is 24.6 Å². The SMILES string of the molecule is C#C[Si](C#C)(CCCCCCOC(C)=O)c1ccc(C)cc1. The van der Waals surface area contributed by atoms with Gasteiger partial charge in [-0.25, -0.2) is 0 Å². The van der Waals surface area contributed by atoms with Gasteiger partial charge in [-0.2, -0.15) is 0 Å². The number of rotatable bonds is 8. The smallest absolute Gasteiger partial charge is 0.302 e. The minimum atomic E-state index is -2.26. The van der Waals surface area contributed by atoms with E-state index in [2.05, 4.69) is 42.3 Å². The van der Waals surface area contributed by atoms with Crippen LogP contribution in [0.15, 0.2) is 24.3 Å². The lowest BCUT2D eigenvalue weighted by atomic mass is 10.2. The maximum absolute atomic E-state index is 10.7. The molecule has 0 aliphatic carbocycles. The highest BCUT2D eigenvalue weighted by Crippen LogP contribution is 2.15. The third kappa shape index (κ3) is 5.43. The van der Waals surface area contributed by atoms with Crippen LogP contribution in [0.2, 0.25) is 6.04 Å². The monoisotopic (exact) mass is 312 g/mol. The van der Waals surface area contributed by atoms with Crippen molar-refractivity contribution >= 4 is 19.2 Å². The molecule has 0 aliphatic heterocycles. The van der Waals surface area contributed by atoms with E-state index < -0.39 is 8.07 Å². The fourth-order valence-corrected chi connectivity index (χ4v) is 4.91. The summed E-state index contributed by atoms with van der Waals surface area (Å²) in [6.45, 7) is 3.99. The zero-order valence-corrected chi connectivity index (χ0v) is 14.5. The predicted octanol–water partition coefficient (Wildman–Crippen LogP) is 3.12. The summed E-state index contributed by atoms with van der Waals surface area (Å²) in [4.78, 5) is 10.7. The maximum Gasteiger partial charge on any atom is 0.302 e. The summed E-state index contributed by atoms with van der Waals surface area (Å²) in [6, 6.07) is 9.23. The molecule has 0 radical (unpaired) electrons. The Kier molecular flexibility index (Phi) is 7.50. The number of aryl methyl sites for hydroxylation is 1. The van der Waals surface area contributed by atoms with E-state index in [0.29, 0.717) is 6.61 Å². The fraction of sp³-hybridized carbons (Fsp3) is 0.421. The van der Waals surface area contributed by atoms with Gasteiger partial charge in [-0.15, -0.1) is 23.9 Å². The topological polar surface area (TPSA) is 26.3 Å². The van der Waals surface area contributed by atoms with E-state index in [1.54, 1.807) is 0 Å². The van der Waals surface area contributed by atoms with Gasteiger partial charge >= 0.3 is 5.97 Å². The molecule has 0 spiro atoms. The minimum Gasteiger partial charge on any atom is -0.466 e. The summed E-state index contributed by atoms with van der Waals surface area (Å²) in [7, 11) is -2.26. The van der Waals surface area contributed by atoms with E-state index in [4.69, 9.17) is 17.6 Å². The fourth-order valence-electron chi connectivity index (χ4n) is 2.40. The van der Waals surface area contributed by atoms with Gasteiger partial charge in [0.05, 0.1) is 6.61 Å². The van der Waals surface area contributed by atoms with Gasteiger partial charge in [0.1, 0.15) is 0 Å². The van der Waals surface area contributed by atoms with Gasteiger partial charge in [0, 0.05) is 6.92 Å². The number of carbonyl (C=O) groups is 1. The number of terminal acetylenes is 2. The molecule has 116 valence electrons. The van der Waals surface area contributed by atoms with Crippen LogP contribution in [0, 0.1) is 30.9 Å². The van der Waals surface area contributed by atoms with Crippen molar-refractivity contribution in [1.82, 2.24) is 0 Å². The molecular formula is C19H24O2Si. The van der Waals surface area contributed by atoms with E-state index in [0.717, 1.165) is 36.9 Å². The van der Waals surface area contributed by atoms with Gasteiger partial charge in [0.15, 0.2) is 0 Å². The second kappa shape index (κ2) is 9.13. The van der Waals surface area contributed by atoms with Crippen molar-refractivity contribution in [3.05, 3.63) is 29.8 Å². The normalized spacial score (nSPS) is 10.5. The lowest BCUT2D eigenvalue weighted by Gasteiger charge is -2.20. The lowest BCUT2D eigenvalue weighted by Crippen LogP contribution is -2.45. The molecule has 0 heterocycles. The van der Waals surface area contributed by atoms with Crippen LogP contribution in [0.5, 0.6) is 0 Å². The lowest BCUT2D eigenvalue weighted by molar-refractivity contribution is -0.141. The highest BCUT2D eigenvalue weighted by atomic mass is 28.3. The Morgan fingerprint density at radius 1 is 1.09 bits per heavy atom. The molecule has 0 fully saturated rings. The Bertz CT molecular complexity index is 547. The molecule has 0 atom stereocenters. The number of benzene rings is 1. The second-order valence-electron chi connectivity index (χ2n) is 5.56. The molecule has 22 heavy (non-hydrogen) atoms. The van der Waals surface area contributed by atoms with E-state index in [-0.39, 0.29) is 5.97 Å². The summed E-state index contributed by atoms with van der Waals surface area (Å²) < 4.78 is 4.92. The van der Waals surface area contributed by atoms with Crippen molar-refractivity contribution in [3.63, 3.8) is 0 Å². The maximum atomic E-state index is 10.7. The molecular weight excluding hydrogens is 288 g/mol. The Balaban J connectivity index is 2.49. The molecule has 0 bridgehead atoms. The Morgan fingerprint density at radius 2 is 1.68 bits per heavy atom. The van der Waals surface area contributed by atoms with Crippen LogP contribution < -0.4 is 5.19 Å². The van der Waals surface area contributed by atoms with E-state index in [9.17, 15) is 4.79 Å². The predicted molar refractivity (Wildman–Crippen MR) is 94.1 cm³/mol. The average Bonchev–Trinajstić information content (AvgIpc) is 2.51.